The smallest absolute Gasteiger partial charge is 0.339 e. The maximum absolute atomic E-state index is 13.1. The zero-order chi connectivity index (χ0) is 23.5. The van der Waals surface area contributed by atoms with Crippen molar-refractivity contribution in [3.63, 3.8) is 0 Å². The molecule has 2 aromatic carbocycles. The second-order valence-electron chi connectivity index (χ2n) is 8.68. The summed E-state index contributed by atoms with van der Waals surface area (Å²) in [5, 5.41) is 3.44. The van der Waals surface area contributed by atoms with Gasteiger partial charge in [-0.3, -0.25) is 14.6 Å². The molecule has 0 aliphatic heterocycles. The summed E-state index contributed by atoms with van der Waals surface area (Å²) in [5.74, 6) is -0.627. The number of ether oxygens (including phenoxy) is 1. The van der Waals surface area contributed by atoms with Gasteiger partial charge in [-0.05, 0) is 61.1 Å². The van der Waals surface area contributed by atoms with Gasteiger partial charge < -0.3 is 15.0 Å². The number of amides is 2. The highest BCUT2D eigenvalue weighted by Crippen LogP contribution is 2.32. The van der Waals surface area contributed by atoms with E-state index in [9.17, 15) is 14.4 Å². The number of esters is 1. The highest BCUT2D eigenvalue weighted by molar-refractivity contribution is 6.06. The molecule has 1 aromatic heterocycles. The molecule has 33 heavy (non-hydrogen) atoms. The van der Waals surface area contributed by atoms with Gasteiger partial charge in [0.15, 0.2) is 6.61 Å². The van der Waals surface area contributed by atoms with E-state index in [1.165, 1.54) is 4.90 Å². The number of carbonyl (C=O) groups excluding carboxylic acids is 3. The molecule has 4 rings (SSSR count). The van der Waals surface area contributed by atoms with Gasteiger partial charge in [0.2, 0.25) is 0 Å². The van der Waals surface area contributed by atoms with Crippen molar-refractivity contribution in [1.82, 2.24) is 9.88 Å². The molecule has 1 aliphatic carbocycles. The molecule has 1 unspecified atom stereocenters. The number of pyridine rings is 1. The number of benzene rings is 2. The minimum atomic E-state index is -0.513. The molecular formula is C26H27N3O4. The predicted molar refractivity (Wildman–Crippen MR) is 126 cm³/mol. The molecule has 7 nitrogen and oxygen atoms in total. The van der Waals surface area contributed by atoms with E-state index in [1.54, 1.807) is 38.4 Å². The first-order valence-corrected chi connectivity index (χ1v) is 11.0. The van der Waals surface area contributed by atoms with Crippen LogP contribution in [0.1, 0.15) is 45.3 Å². The van der Waals surface area contributed by atoms with Crippen LogP contribution < -0.4 is 5.32 Å². The van der Waals surface area contributed by atoms with Crippen LogP contribution in [-0.2, 0) is 22.4 Å². The summed E-state index contributed by atoms with van der Waals surface area (Å²) in [5.41, 5.74) is 4.19. The van der Waals surface area contributed by atoms with Crippen molar-refractivity contribution in [3.05, 3.63) is 70.9 Å². The summed E-state index contributed by atoms with van der Waals surface area (Å²) in [6.45, 7) is 1.76. The summed E-state index contributed by atoms with van der Waals surface area (Å²) in [6.07, 6.45) is 2.63. The van der Waals surface area contributed by atoms with Gasteiger partial charge in [-0.2, -0.15) is 0 Å². The minimum Gasteiger partial charge on any atom is -0.452 e. The van der Waals surface area contributed by atoms with Gasteiger partial charge in [-0.1, -0.05) is 25.1 Å². The van der Waals surface area contributed by atoms with E-state index in [1.807, 2.05) is 24.3 Å². The van der Waals surface area contributed by atoms with Crippen molar-refractivity contribution in [3.8, 4) is 0 Å². The maximum atomic E-state index is 13.1. The van der Waals surface area contributed by atoms with E-state index in [4.69, 9.17) is 9.72 Å². The first kappa shape index (κ1) is 22.5. The first-order chi connectivity index (χ1) is 15.8. The lowest BCUT2D eigenvalue weighted by atomic mass is 9.84. The Balaban J connectivity index is 1.47. The molecule has 1 aliphatic rings. The quantitative estimate of drug-likeness (QED) is 0.603. The number of aryl methyl sites for hydroxylation is 1. The number of rotatable bonds is 5. The minimum absolute atomic E-state index is 0.121. The lowest BCUT2D eigenvalue weighted by Crippen LogP contribution is -2.24. The van der Waals surface area contributed by atoms with Crippen LogP contribution >= 0.6 is 0 Å². The predicted octanol–water partition coefficient (Wildman–Crippen LogP) is 3.86. The molecule has 0 spiro atoms. The van der Waals surface area contributed by atoms with Crippen molar-refractivity contribution < 1.29 is 19.1 Å². The molecule has 2 amide bonds. The lowest BCUT2D eigenvalue weighted by Gasteiger charge is -2.24. The zero-order valence-corrected chi connectivity index (χ0v) is 19.1. The van der Waals surface area contributed by atoms with Crippen LogP contribution in [0.25, 0.3) is 10.9 Å². The largest absolute Gasteiger partial charge is 0.452 e. The number of nitrogens with one attached hydrogen (secondary N) is 1. The topological polar surface area (TPSA) is 88.6 Å². The van der Waals surface area contributed by atoms with Crippen molar-refractivity contribution in [1.29, 1.82) is 0 Å². The third-order valence-electron chi connectivity index (χ3n) is 5.87. The molecule has 170 valence electrons. The van der Waals surface area contributed by atoms with Gasteiger partial charge in [-0.15, -0.1) is 0 Å². The highest BCUT2D eigenvalue weighted by Gasteiger charge is 2.26. The van der Waals surface area contributed by atoms with Crippen LogP contribution in [0.2, 0.25) is 0 Å². The molecule has 0 fully saturated rings. The lowest BCUT2D eigenvalue weighted by molar-refractivity contribution is -0.119. The Kier molecular flexibility index (Phi) is 6.40. The first-order valence-electron chi connectivity index (χ1n) is 11.0. The van der Waals surface area contributed by atoms with Crippen LogP contribution in [-0.4, -0.2) is 48.4 Å². The molecule has 0 saturated carbocycles. The summed E-state index contributed by atoms with van der Waals surface area (Å²) < 4.78 is 5.43. The Bertz CT molecular complexity index is 1220. The Morgan fingerprint density at radius 3 is 2.55 bits per heavy atom. The molecule has 1 N–H and O–H groups in total. The summed E-state index contributed by atoms with van der Waals surface area (Å²) in [7, 11) is 3.35. The van der Waals surface area contributed by atoms with E-state index >= 15 is 0 Å². The van der Waals surface area contributed by atoms with E-state index in [2.05, 4.69) is 12.2 Å². The van der Waals surface area contributed by atoms with Gasteiger partial charge in [0, 0.05) is 36.4 Å². The fourth-order valence-corrected chi connectivity index (χ4v) is 4.15. The van der Waals surface area contributed by atoms with Crippen LogP contribution in [0.3, 0.4) is 0 Å². The Hall–Kier alpha value is -3.74. The Labute approximate surface area is 192 Å². The number of aromatic nitrogens is 1. The molecule has 7 heteroatoms. The fourth-order valence-electron chi connectivity index (χ4n) is 4.15. The molecule has 1 heterocycles. The van der Waals surface area contributed by atoms with Gasteiger partial charge in [-0.25, -0.2) is 4.79 Å². The van der Waals surface area contributed by atoms with Crippen LogP contribution in [0, 0.1) is 5.92 Å². The van der Waals surface area contributed by atoms with Crippen molar-refractivity contribution in [2.75, 3.05) is 26.0 Å². The van der Waals surface area contributed by atoms with Crippen LogP contribution in [0.15, 0.2) is 48.5 Å². The van der Waals surface area contributed by atoms with Crippen molar-refractivity contribution in [2.45, 2.75) is 26.2 Å². The monoisotopic (exact) mass is 445 g/mol. The number of nitrogens with zero attached hydrogens (tertiary/aromatic N) is 2. The van der Waals surface area contributed by atoms with Gasteiger partial charge in [0.25, 0.3) is 11.8 Å². The number of para-hydroxylation sites is 1. The number of hydrogen-bond donors (Lipinski definition) is 1. The van der Waals surface area contributed by atoms with Crippen LogP contribution in [0.5, 0.6) is 0 Å². The zero-order valence-electron chi connectivity index (χ0n) is 19.1. The van der Waals surface area contributed by atoms with E-state index in [0.29, 0.717) is 22.7 Å². The second kappa shape index (κ2) is 9.40. The third kappa shape index (κ3) is 4.87. The van der Waals surface area contributed by atoms with Crippen LogP contribution in [0.4, 0.5) is 5.69 Å². The van der Waals surface area contributed by atoms with Gasteiger partial charge >= 0.3 is 5.97 Å². The molecule has 1 atom stereocenters. The number of anilines is 1. The van der Waals surface area contributed by atoms with E-state index in [0.717, 1.165) is 41.4 Å². The summed E-state index contributed by atoms with van der Waals surface area (Å²) in [6, 6.07) is 14.1. The standard InChI is InChI=1S/C26H27N3O4/c1-16-8-13-22-20(14-16)24(19-6-4-5-7-21(19)28-22)26(32)33-15-23(30)27-18-11-9-17(10-12-18)25(31)29(2)3/h4-7,9-12,16H,8,13-15H2,1-3H3,(H,27,30). The number of hydrogen-bond acceptors (Lipinski definition) is 5. The molecular weight excluding hydrogens is 418 g/mol. The van der Waals surface area contributed by atoms with E-state index in [-0.39, 0.29) is 5.91 Å². The fraction of sp³-hybridized carbons (Fsp3) is 0.308. The number of fused-ring (bicyclic) bond motifs is 2. The molecule has 0 bridgehead atoms. The SMILES string of the molecule is CC1CCc2nc3ccccc3c(C(=O)OCC(=O)Nc3ccc(C(=O)N(C)C)cc3)c2C1. The van der Waals surface area contributed by atoms with E-state index < -0.39 is 18.5 Å². The maximum Gasteiger partial charge on any atom is 0.339 e. The Morgan fingerprint density at radius 2 is 1.82 bits per heavy atom. The van der Waals surface area contributed by atoms with Crippen molar-refractivity contribution >= 4 is 34.4 Å². The van der Waals surface area contributed by atoms with Gasteiger partial charge in [0.05, 0.1) is 11.1 Å². The van der Waals surface area contributed by atoms with Gasteiger partial charge in [0.1, 0.15) is 0 Å². The summed E-state index contributed by atoms with van der Waals surface area (Å²) >= 11 is 0. The van der Waals surface area contributed by atoms with Crippen molar-refractivity contribution in [2.24, 2.45) is 5.92 Å². The molecule has 3 aromatic rings. The summed E-state index contributed by atoms with van der Waals surface area (Å²) in [4.78, 5) is 43.7. The molecule has 0 radical (unpaired) electrons. The Morgan fingerprint density at radius 1 is 1.09 bits per heavy atom. The average molecular weight is 446 g/mol. The highest BCUT2D eigenvalue weighted by atomic mass is 16.5. The normalized spacial score (nSPS) is 14.9. The average Bonchev–Trinajstić information content (AvgIpc) is 2.81. The second-order valence-corrected chi connectivity index (χ2v) is 8.68. The third-order valence-corrected chi connectivity index (χ3v) is 5.87. The molecule has 0 saturated heterocycles. The number of carbonyl (C=O) groups is 3.